The number of aromatic nitrogens is 1. The van der Waals surface area contributed by atoms with Crippen molar-refractivity contribution in [2.75, 3.05) is 7.11 Å². The Morgan fingerprint density at radius 3 is 2.88 bits per heavy atom. The lowest BCUT2D eigenvalue weighted by Gasteiger charge is -2.04. The van der Waals surface area contributed by atoms with Crippen LogP contribution in [0.3, 0.4) is 0 Å². The Hall–Kier alpha value is -2.14. The van der Waals surface area contributed by atoms with E-state index in [2.05, 4.69) is 5.16 Å². The van der Waals surface area contributed by atoms with Crippen molar-refractivity contribution in [2.45, 2.75) is 6.61 Å². The average molecular weight is 233 g/mol. The van der Waals surface area contributed by atoms with Crippen molar-refractivity contribution >= 4 is 5.97 Å². The molecule has 0 aliphatic carbocycles. The molecule has 0 saturated heterocycles. The highest BCUT2D eigenvalue weighted by atomic mass is 16.5. The monoisotopic (exact) mass is 233 g/mol. The summed E-state index contributed by atoms with van der Waals surface area (Å²) in [6.07, 6.45) is 0. The van der Waals surface area contributed by atoms with Crippen LogP contribution < -0.4 is 0 Å². The number of carboxylic acids is 1. The zero-order valence-corrected chi connectivity index (χ0v) is 9.21. The Balaban J connectivity index is 2.41. The van der Waals surface area contributed by atoms with Crippen LogP contribution in [0, 0.1) is 0 Å². The van der Waals surface area contributed by atoms with E-state index in [1.165, 1.54) is 6.07 Å². The number of carbonyl (C=O) groups is 1. The van der Waals surface area contributed by atoms with E-state index in [1.807, 2.05) is 24.3 Å². The maximum absolute atomic E-state index is 10.7. The second kappa shape index (κ2) is 4.80. The number of carboxylic acid groups (broad SMARTS) is 1. The fourth-order valence-corrected chi connectivity index (χ4v) is 1.55. The molecule has 1 N–H and O–H groups in total. The molecule has 88 valence electrons. The summed E-state index contributed by atoms with van der Waals surface area (Å²) in [6, 6.07) is 8.88. The number of ether oxygens (including phenoxy) is 1. The number of aromatic carboxylic acids is 1. The largest absolute Gasteiger partial charge is 0.475 e. The summed E-state index contributed by atoms with van der Waals surface area (Å²) in [5.74, 6) is -1.31. The second-order valence-corrected chi connectivity index (χ2v) is 3.47. The van der Waals surface area contributed by atoms with Crippen molar-refractivity contribution in [1.29, 1.82) is 0 Å². The van der Waals surface area contributed by atoms with Gasteiger partial charge in [-0.3, -0.25) is 0 Å². The van der Waals surface area contributed by atoms with Gasteiger partial charge in [-0.05, 0) is 5.56 Å². The molecule has 0 amide bonds. The average Bonchev–Trinajstić information content (AvgIpc) is 2.79. The Labute approximate surface area is 97.6 Å². The third-order valence-electron chi connectivity index (χ3n) is 2.31. The van der Waals surface area contributed by atoms with Gasteiger partial charge in [-0.2, -0.15) is 0 Å². The van der Waals surface area contributed by atoms with E-state index in [1.54, 1.807) is 7.11 Å². The van der Waals surface area contributed by atoms with Gasteiger partial charge in [0.25, 0.3) is 0 Å². The van der Waals surface area contributed by atoms with Crippen molar-refractivity contribution < 1.29 is 19.2 Å². The first-order valence-corrected chi connectivity index (χ1v) is 4.99. The summed E-state index contributed by atoms with van der Waals surface area (Å²) in [4.78, 5) is 10.7. The second-order valence-electron chi connectivity index (χ2n) is 3.47. The lowest BCUT2D eigenvalue weighted by atomic mass is 10.1. The molecule has 1 aromatic carbocycles. The van der Waals surface area contributed by atoms with Crippen LogP contribution in [0.2, 0.25) is 0 Å². The highest BCUT2D eigenvalue weighted by molar-refractivity contribution is 5.85. The van der Waals surface area contributed by atoms with Crippen molar-refractivity contribution in [3.05, 3.63) is 41.7 Å². The molecule has 1 heterocycles. The van der Waals surface area contributed by atoms with E-state index < -0.39 is 5.97 Å². The first-order chi connectivity index (χ1) is 8.22. The van der Waals surface area contributed by atoms with E-state index in [-0.39, 0.29) is 5.76 Å². The molecule has 2 aromatic rings. The summed E-state index contributed by atoms with van der Waals surface area (Å²) in [5.41, 5.74) is 2.24. The van der Waals surface area contributed by atoms with Crippen LogP contribution in [0.15, 0.2) is 34.9 Å². The summed E-state index contributed by atoms with van der Waals surface area (Å²) >= 11 is 0. The van der Waals surface area contributed by atoms with Crippen LogP contribution in [0.5, 0.6) is 0 Å². The van der Waals surface area contributed by atoms with Crippen molar-refractivity contribution in [3.63, 3.8) is 0 Å². The molecule has 0 atom stereocenters. The van der Waals surface area contributed by atoms with Crippen LogP contribution in [-0.2, 0) is 11.3 Å². The van der Waals surface area contributed by atoms with Crippen LogP contribution >= 0.6 is 0 Å². The summed E-state index contributed by atoms with van der Waals surface area (Å²) < 4.78 is 9.79. The van der Waals surface area contributed by atoms with Gasteiger partial charge in [0.15, 0.2) is 0 Å². The molecule has 0 fully saturated rings. The predicted molar refractivity (Wildman–Crippen MR) is 59.6 cm³/mol. The highest BCUT2D eigenvalue weighted by Gasteiger charge is 2.14. The Morgan fingerprint density at radius 1 is 1.47 bits per heavy atom. The summed E-state index contributed by atoms with van der Waals surface area (Å²) in [6.45, 7) is 0.436. The van der Waals surface area contributed by atoms with Gasteiger partial charge in [0.05, 0.1) is 6.61 Å². The fraction of sp³-hybridized carbons (Fsp3) is 0.167. The molecular weight excluding hydrogens is 222 g/mol. The fourth-order valence-electron chi connectivity index (χ4n) is 1.55. The molecule has 0 unspecified atom stereocenters. The van der Waals surface area contributed by atoms with Crippen LogP contribution in [0.4, 0.5) is 0 Å². The minimum absolute atomic E-state index is 0.174. The standard InChI is InChI=1S/C12H11NO4/c1-16-7-8-4-2-3-5-9(8)10-6-11(12(14)15)17-13-10/h2-6H,7H2,1H3,(H,14,15). The third kappa shape index (κ3) is 2.34. The van der Waals surface area contributed by atoms with Gasteiger partial charge in [0, 0.05) is 18.7 Å². The van der Waals surface area contributed by atoms with E-state index in [4.69, 9.17) is 14.4 Å². The van der Waals surface area contributed by atoms with Crippen molar-refractivity contribution in [2.24, 2.45) is 0 Å². The van der Waals surface area contributed by atoms with Crippen LogP contribution in [0.25, 0.3) is 11.3 Å². The van der Waals surface area contributed by atoms with Crippen molar-refractivity contribution in [1.82, 2.24) is 5.16 Å². The van der Waals surface area contributed by atoms with Gasteiger partial charge < -0.3 is 14.4 Å². The van der Waals surface area contributed by atoms with E-state index in [9.17, 15) is 4.79 Å². The Kier molecular flexibility index (Phi) is 3.20. The molecule has 0 aliphatic heterocycles. The maximum atomic E-state index is 10.7. The normalized spacial score (nSPS) is 10.4. The van der Waals surface area contributed by atoms with Gasteiger partial charge in [-0.1, -0.05) is 29.4 Å². The number of rotatable bonds is 4. The SMILES string of the molecule is COCc1ccccc1-c1cc(C(=O)O)on1. The zero-order chi connectivity index (χ0) is 12.3. The van der Waals surface area contributed by atoms with Gasteiger partial charge in [0.1, 0.15) is 5.69 Å². The van der Waals surface area contributed by atoms with Crippen LogP contribution in [-0.4, -0.2) is 23.3 Å². The minimum Gasteiger partial charge on any atom is -0.475 e. The zero-order valence-electron chi connectivity index (χ0n) is 9.21. The maximum Gasteiger partial charge on any atom is 0.374 e. The quantitative estimate of drug-likeness (QED) is 0.876. The molecule has 0 aliphatic rings. The third-order valence-corrected chi connectivity index (χ3v) is 2.31. The molecular formula is C12H11NO4. The number of nitrogens with zero attached hydrogens (tertiary/aromatic N) is 1. The molecule has 0 saturated carbocycles. The Bertz CT molecular complexity index is 533. The first kappa shape index (κ1) is 11.3. The molecule has 17 heavy (non-hydrogen) atoms. The highest BCUT2D eigenvalue weighted by Crippen LogP contribution is 2.23. The van der Waals surface area contributed by atoms with Gasteiger partial charge in [0.2, 0.25) is 5.76 Å². The number of benzene rings is 1. The smallest absolute Gasteiger partial charge is 0.374 e. The molecule has 5 heteroatoms. The molecule has 2 rings (SSSR count). The molecule has 5 nitrogen and oxygen atoms in total. The van der Waals surface area contributed by atoms with Crippen LogP contribution in [0.1, 0.15) is 16.1 Å². The first-order valence-electron chi connectivity index (χ1n) is 4.99. The number of methoxy groups -OCH3 is 1. The summed E-state index contributed by atoms with van der Waals surface area (Å²) in [7, 11) is 1.60. The van der Waals surface area contributed by atoms with Crippen molar-refractivity contribution in [3.8, 4) is 11.3 Å². The lowest BCUT2D eigenvalue weighted by Crippen LogP contribution is -1.93. The number of hydrogen-bond acceptors (Lipinski definition) is 4. The van der Waals surface area contributed by atoms with Gasteiger partial charge in [-0.15, -0.1) is 0 Å². The molecule has 1 aromatic heterocycles. The van der Waals surface area contributed by atoms with E-state index in [0.29, 0.717) is 12.3 Å². The Morgan fingerprint density at radius 2 is 2.24 bits per heavy atom. The molecule has 0 spiro atoms. The topological polar surface area (TPSA) is 72.6 Å². The molecule has 0 radical (unpaired) electrons. The van der Waals surface area contributed by atoms with Gasteiger partial charge >= 0.3 is 5.97 Å². The number of hydrogen-bond donors (Lipinski definition) is 1. The van der Waals surface area contributed by atoms with Gasteiger partial charge in [-0.25, -0.2) is 4.79 Å². The van der Waals surface area contributed by atoms with E-state index in [0.717, 1.165) is 11.1 Å². The minimum atomic E-state index is -1.13. The van der Waals surface area contributed by atoms with E-state index >= 15 is 0 Å². The molecule has 0 bridgehead atoms. The predicted octanol–water partition coefficient (Wildman–Crippen LogP) is 2.19. The lowest BCUT2D eigenvalue weighted by molar-refractivity contribution is 0.0652. The summed E-state index contributed by atoms with van der Waals surface area (Å²) in [5, 5.41) is 12.5.